The van der Waals surface area contributed by atoms with Gasteiger partial charge in [0.25, 0.3) is 5.91 Å². The van der Waals surface area contributed by atoms with Crippen LogP contribution in [0.3, 0.4) is 0 Å². The summed E-state index contributed by atoms with van der Waals surface area (Å²) < 4.78 is 10.5. The summed E-state index contributed by atoms with van der Waals surface area (Å²) in [6.07, 6.45) is 0. The Balaban J connectivity index is 1.92. The Labute approximate surface area is 143 Å². The van der Waals surface area contributed by atoms with E-state index in [2.05, 4.69) is 18.3 Å². The number of methoxy groups -OCH3 is 2. The van der Waals surface area contributed by atoms with E-state index in [1.165, 1.54) is 5.56 Å². The number of likely N-dealkylation sites (N-methyl/N-ethyl adjacent to an activating group) is 1. The quantitative estimate of drug-likeness (QED) is 0.812. The second-order valence-corrected chi connectivity index (χ2v) is 5.90. The van der Waals surface area contributed by atoms with Crippen molar-refractivity contribution >= 4 is 11.6 Å². The summed E-state index contributed by atoms with van der Waals surface area (Å²) in [5, 5.41) is 2.90. The number of aryl methyl sites for hydroxylation is 1. The Morgan fingerprint density at radius 1 is 1.08 bits per heavy atom. The largest absolute Gasteiger partial charge is 0.497 e. The first-order valence-corrected chi connectivity index (χ1v) is 7.90. The lowest BCUT2D eigenvalue weighted by atomic mass is 10.1. The van der Waals surface area contributed by atoms with Gasteiger partial charge >= 0.3 is 0 Å². The van der Waals surface area contributed by atoms with E-state index in [1.54, 1.807) is 14.2 Å². The number of rotatable bonds is 7. The molecule has 0 heterocycles. The van der Waals surface area contributed by atoms with Crippen LogP contribution in [-0.2, 0) is 11.3 Å². The topological polar surface area (TPSA) is 52.0 Å². The number of ether oxygens (including phenoxy) is 2. The highest BCUT2D eigenvalue weighted by Crippen LogP contribution is 2.18. The van der Waals surface area contributed by atoms with Crippen LogP contribution in [0.2, 0.25) is 0 Å². The van der Waals surface area contributed by atoms with E-state index >= 15 is 0 Å². The minimum atomic E-state index is -0.0238. The third kappa shape index (κ3) is 4.99. The first-order valence-electron chi connectivity index (χ1n) is 7.90. The van der Waals surface area contributed by atoms with E-state index < -0.39 is 0 Å². The predicted molar refractivity (Wildman–Crippen MR) is 94.8 cm³/mol. The van der Waals surface area contributed by atoms with Crippen LogP contribution in [0.5, 0.6) is 11.5 Å². The van der Waals surface area contributed by atoms with Crippen molar-refractivity contribution in [2.45, 2.75) is 13.5 Å². The minimum Gasteiger partial charge on any atom is -0.497 e. The molecule has 0 bridgehead atoms. The fraction of sp³-hybridized carbons (Fsp3) is 0.316. The zero-order chi connectivity index (χ0) is 17.5. The van der Waals surface area contributed by atoms with Gasteiger partial charge in [0, 0.05) is 11.3 Å². The van der Waals surface area contributed by atoms with Crippen LogP contribution in [-0.4, -0.2) is 33.7 Å². The molecule has 0 saturated carbocycles. The monoisotopic (exact) mass is 329 g/mol. The molecule has 1 amide bonds. The van der Waals surface area contributed by atoms with Gasteiger partial charge in [-0.1, -0.05) is 11.6 Å². The normalized spacial score (nSPS) is 11.7. The summed E-state index contributed by atoms with van der Waals surface area (Å²) in [6, 6.07) is 13.4. The molecular formula is C19H25N2O3+. The van der Waals surface area contributed by atoms with Crippen LogP contribution in [0, 0.1) is 6.92 Å². The summed E-state index contributed by atoms with van der Waals surface area (Å²) in [5.41, 5.74) is 3.05. The molecule has 0 radical (unpaired) electrons. The number of amides is 1. The van der Waals surface area contributed by atoms with Gasteiger partial charge in [0.15, 0.2) is 6.54 Å². The average molecular weight is 329 g/mol. The van der Waals surface area contributed by atoms with Gasteiger partial charge in [-0.15, -0.1) is 0 Å². The third-order valence-corrected chi connectivity index (χ3v) is 3.76. The van der Waals surface area contributed by atoms with Crippen LogP contribution in [0.25, 0.3) is 0 Å². The summed E-state index contributed by atoms with van der Waals surface area (Å²) in [4.78, 5) is 13.3. The van der Waals surface area contributed by atoms with Crippen molar-refractivity contribution in [2.24, 2.45) is 0 Å². The summed E-state index contributed by atoms with van der Waals surface area (Å²) in [5.74, 6) is 1.60. The van der Waals surface area contributed by atoms with Crippen molar-refractivity contribution in [1.82, 2.24) is 0 Å². The van der Waals surface area contributed by atoms with Crippen molar-refractivity contribution in [3.05, 3.63) is 53.6 Å². The van der Waals surface area contributed by atoms with Gasteiger partial charge in [0.1, 0.15) is 18.0 Å². The Morgan fingerprint density at radius 3 is 2.42 bits per heavy atom. The number of carbonyl (C=O) groups is 1. The molecule has 0 aliphatic rings. The maximum absolute atomic E-state index is 12.2. The number of carbonyl (C=O) groups excluding carboxylic acids is 1. The van der Waals surface area contributed by atoms with E-state index in [0.717, 1.165) is 34.2 Å². The van der Waals surface area contributed by atoms with E-state index in [-0.39, 0.29) is 5.91 Å². The molecule has 5 heteroatoms. The zero-order valence-corrected chi connectivity index (χ0v) is 14.7. The standard InChI is InChI=1S/C19H24N2O3/c1-14-5-10-18(24-4)15(11-14)12-21(2)13-19(22)20-16-6-8-17(23-3)9-7-16/h5-11H,12-13H2,1-4H3,(H,20,22)/p+1. The number of anilines is 1. The van der Waals surface area contributed by atoms with Crippen LogP contribution in [0.15, 0.2) is 42.5 Å². The average Bonchev–Trinajstić information content (AvgIpc) is 2.55. The minimum absolute atomic E-state index is 0.0238. The summed E-state index contributed by atoms with van der Waals surface area (Å²) in [7, 11) is 5.28. The van der Waals surface area contributed by atoms with E-state index in [1.807, 2.05) is 43.4 Å². The Kier molecular flexibility index (Phi) is 6.21. The van der Waals surface area contributed by atoms with Crippen molar-refractivity contribution in [2.75, 3.05) is 33.1 Å². The molecule has 0 aliphatic carbocycles. The molecule has 2 rings (SSSR count). The lowest BCUT2D eigenvalue weighted by Gasteiger charge is -2.16. The molecule has 2 aromatic rings. The van der Waals surface area contributed by atoms with Gasteiger partial charge < -0.3 is 19.7 Å². The fourth-order valence-corrected chi connectivity index (χ4v) is 2.59. The van der Waals surface area contributed by atoms with Gasteiger partial charge in [0.05, 0.1) is 21.3 Å². The van der Waals surface area contributed by atoms with Gasteiger partial charge in [0.2, 0.25) is 0 Å². The van der Waals surface area contributed by atoms with Crippen LogP contribution >= 0.6 is 0 Å². The number of hydrogen-bond acceptors (Lipinski definition) is 3. The van der Waals surface area contributed by atoms with Gasteiger partial charge in [-0.25, -0.2) is 0 Å². The highest BCUT2D eigenvalue weighted by atomic mass is 16.5. The maximum Gasteiger partial charge on any atom is 0.279 e. The second-order valence-electron chi connectivity index (χ2n) is 5.90. The summed E-state index contributed by atoms with van der Waals surface area (Å²) >= 11 is 0. The predicted octanol–water partition coefficient (Wildman–Crippen LogP) is 1.67. The Morgan fingerprint density at radius 2 is 1.79 bits per heavy atom. The molecule has 0 aliphatic heterocycles. The van der Waals surface area contributed by atoms with Crippen LogP contribution in [0.4, 0.5) is 5.69 Å². The highest BCUT2D eigenvalue weighted by Gasteiger charge is 2.13. The molecule has 0 aromatic heterocycles. The molecule has 0 spiro atoms. The Hall–Kier alpha value is -2.53. The van der Waals surface area contributed by atoms with Crippen molar-refractivity contribution in [3.8, 4) is 11.5 Å². The molecule has 0 fully saturated rings. The van der Waals surface area contributed by atoms with Crippen LogP contribution in [0.1, 0.15) is 11.1 Å². The maximum atomic E-state index is 12.2. The van der Waals surface area contributed by atoms with E-state index in [9.17, 15) is 4.79 Å². The van der Waals surface area contributed by atoms with E-state index in [0.29, 0.717) is 6.54 Å². The Bertz CT molecular complexity index is 684. The van der Waals surface area contributed by atoms with Gasteiger partial charge in [-0.3, -0.25) is 4.79 Å². The van der Waals surface area contributed by atoms with Crippen molar-refractivity contribution in [3.63, 3.8) is 0 Å². The van der Waals surface area contributed by atoms with E-state index in [4.69, 9.17) is 9.47 Å². The number of quaternary nitrogens is 1. The SMILES string of the molecule is COc1ccc(NC(=O)C[NH+](C)Cc2cc(C)ccc2OC)cc1. The van der Waals surface area contributed by atoms with Crippen LogP contribution < -0.4 is 19.7 Å². The molecular weight excluding hydrogens is 304 g/mol. The first-order chi connectivity index (χ1) is 11.5. The lowest BCUT2D eigenvalue weighted by Crippen LogP contribution is -3.08. The fourth-order valence-electron chi connectivity index (χ4n) is 2.59. The molecule has 1 atom stereocenters. The lowest BCUT2D eigenvalue weighted by molar-refractivity contribution is -0.885. The van der Waals surface area contributed by atoms with Crippen molar-refractivity contribution in [1.29, 1.82) is 0 Å². The molecule has 2 N–H and O–H groups in total. The summed E-state index contributed by atoms with van der Waals surface area (Å²) in [6.45, 7) is 3.15. The molecule has 2 aromatic carbocycles. The highest BCUT2D eigenvalue weighted by molar-refractivity contribution is 5.91. The molecule has 1 unspecified atom stereocenters. The van der Waals surface area contributed by atoms with Gasteiger partial charge in [-0.2, -0.15) is 0 Å². The second kappa shape index (κ2) is 8.36. The molecule has 5 nitrogen and oxygen atoms in total. The first kappa shape index (κ1) is 17.8. The molecule has 24 heavy (non-hydrogen) atoms. The number of hydrogen-bond donors (Lipinski definition) is 2. The third-order valence-electron chi connectivity index (χ3n) is 3.76. The molecule has 0 saturated heterocycles. The number of nitrogens with one attached hydrogen (secondary N) is 2. The molecule has 128 valence electrons. The number of benzene rings is 2. The van der Waals surface area contributed by atoms with Crippen molar-refractivity contribution < 1.29 is 19.2 Å². The smallest absolute Gasteiger partial charge is 0.279 e. The van der Waals surface area contributed by atoms with Gasteiger partial charge in [-0.05, 0) is 43.3 Å². The zero-order valence-electron chi connectivity index (χ0n) is 14.7.